The van der Waals surface area contributed by atoms with E-state index in [1.165, 1.54) is 0 Å². The van der Waals surface area contributed by atoms with Gasteiger partial charge in [0.1, 0.15) is 11.9 Å². The molecular formula is C15H22O3. The fraction of sp³-hybridized carbons (Fsp3) is 0.600. The van der Waals surface area contributed by atoms with Crippen LogP contribution in [0.4, 0.5) is 0 Å². The standard InChI is InChI=1S/C15H22O3/c1-10-9-12(11(2)16)6-7-13(10)18-14-5-4-8-15(14,3)17/h6-7,9,11,14,16-17H,4-5,8H2,1-3H3. The Labute approximate surface area is 108 Å². The first-order valence-corrected chi connectivity index (χ1v) is 6.58. The summed E-state index contributed by atoms with van der Waals surface area (Å²) in [6.45, 7) is 5.55. The SMILES string of the molecule is Cc1cc(C(C)O)ccc1OC1CCCC1(C)O. The van der Waals surface area contributed by atoms with Gasteiger partial charge in [0.2, 0.25) is 0 Å². The summed E-state index contributed by atoms with van der Waals surface area (Å²) in [6.07, 6.45) is 2.09. The zero-order valence-corrected chi connectivity index (χ0v) is 11.3. The van der Waals surface area contributed by atoms with Crippen LogP contribution in [0.5, 0.6) is 5.75 Å². The Morgan fingerprint density at radius 3 is 2.67 bits per heavy atom. The van der Waals surface area contributed by atoms with Gasteiger partial charge >= 0.3 is 0 Å². The van der Waals surface area contributed by atoms with E-state index in [0.29, 0.717) is 0 Å². The first kappa shape index (κ1) is 13.4. The van der Waals surface area contributed by atoms with E-state index >= 15 is 0 Å². The molecule has 0 heterocycles. The Morgan fingerprint density at radius 2 is 2.17 bits per heavy atom. The molecule has 2 rings (SSSR count). The van der Waals surface area contributed by atoms with Gasteiger partial charge in [-0.2, -0.15) is 0 Å². The van der Waals surface area contributed by atoms with E-state index in [1.54, 1.807) is 6.92 Å². The Morgan fingerprint density at radius 1 is 1.44 bits per heavy atom. The van der Waals surface area contributed by atoms with Gasteiger partial charge in [0, 0.05) is 0 Å². The first-order valence-electron chi connectivity index (χ1n) is 6.58. The van der Waals surface area contributed by atoms with Gasteiger partial charge in [0.25, 0.3) is 0 Å². The predicted octanol–water partition coefficient (Wildman–Crippen LogP) is 2.73. The second-order valence-corrected chi connectivity index (χ2v) is 5.56. The lowest BCUT2D eigenvalue weighted by Crippen LogP contribution is -2.38. The van der Waals surface area contributed by atoms with Crippen LogP contribution in [0.2, 0.25) is 0 Å². The van der Waals surface area contributed by atoms with Crippen molar-refractivity contribution in [1.82, 2.24) is 0 Å². The molecule has 0 saturated heterocycles. The van der Waals surface area contributed by atoms with Gasteiger partial charge in [0.05, 0.1) is 11.7 Å². The van der Waals surface area contributed by atoms with Crippen molar-refractivity contribution in [3.63, 3.8) is 0 Å². The van der Waals surface area contributed by atoms with E-state index in [0.717, 1.165) is 36.1 Å². The van der Waals surface area contributed by atoms with Crippen LogP contribution >= 0.6 is 0 Å². The minimum Gasteiger partial charge on any atom is -0.487 e. The number of ether oxygens (including phenoxy) is 1. The average molecular weight is 250 g/mol. The molecular weight excluding hydrogens is 228 g/mol. The predicted molar refractivity (Wildman–Crippen MR) is 70.7 cm³/mol. The van der Waals surface area contributed by atoms with Crippen LogP contribution in [-0.4, -0.2) is 21.9 Å². The van der Waals surface area contributed by atoms with Gasteiger partial charge in [-0.05, 0) is 63.3 Å². The molecule has 1 aromatic rings. The second-order valence-electron chi connectivity index (χ2n) is 5.56. The molecule has 2 N–H and O–H groups in total. The van der Waals surface area contributed by atoms with Crippen molar-refractivity contribution in [1.29, 1.82) is 0 Å². The number of benzene rings is 1. The van der Waals surface area contributed by atoms with Gasteiger partial charge in [-0.3, -0.25) is 0 Å². The Balaban J connectivity index is 2.15. The lowest BCUT2D eigenvalue weighted by Gasteiger charge is -2.27. The number of hydrogen-bond acceptors (Lipinski definition) is 3. The van der Waals surface area contributed by atoms with Gasteiger partial charge in [0.15, 0.2) is 0 Å². The molecule has 3 heteroatoms. The van der Waals surface area contributed by atoms with E-state index in [2.05, 4.69) is 0 Å². The van der Waals surface area contributed by atoms with Crippen molar-refractivity contribution in [3.8, 4) is 5.75 Å². The molecule has 0 aliphatic heterocycles. The molecule has 0 aromatic heterocycles. The third-order valence-electron chi connectivity index (χ3n) is 3.79. The molecule has 1 fully saturated rings. The quantitative estimate of drug-likeness (QED) is 0.867. The van der Waals surface area contributed by atoms with Gasteiger partial charge in [-0.1, -0.05) is 6.07 Å². The Bertz CT molecular complexity index is 424. The van der Waals surface area contributed by atoms with Crippen molar-refractivity contribution in [2.45, 2.75) is 57.8 Å². The maximum Gasteiger partial charge on any atom is 0.127 e. The summed E-state index contributed by atoms with van der Waals surface area (Å²) in [4.78, 5) is 0. The molecule has 1 aliphatic carbocycles. The van der Waals surface area contributed by atoms with Crippen molar-refractivity contribution in [2.75, 3.05) is 0 Å². The van der Waals surface area contributed by atoms with E-state index in [9.17, 15) is 10.2 Å². The molecule has 18 heavy (non-hydrogen) atoms. The zero-order chi connectivity index (χ0) is 13.3. The maximum absolute atomic E-state index is 10.2. The van der Waals surface area contributed by atoms with E-state index in [4.69, 9.17) is 4.74 Å². The van der Waals surface area contributed by atoms with Gasteiger partial charge in [-0.25, -0.2) is 0 Å². The van der Waals surface area contributed by atoms with Crippen LogP contribution in [-0.2, 0) is 0 Å². The molecule has 0 radical (unpaired) electrons. The second kappa shape index (κ2) is 4.90. The molecule has 100 valence electrons. The largest absolute Gasteiger partial charge is 0.487 e. The molecule has 1 aromatic carbocycles. The lowest BCUT2D eigenvalue weighted by atomic mass is 10.0. The summed E-state index contributed by atoms with van der Waals surface area (Å²) in [5.74, 6) is 0.798. The topological polar surface area (TPSA) is 49.7 Å². The summed E-state index contributed by atoms with van der Waals surface area (Å²) in [6, 6.07) is 5.69. The highest BCUT2D eigenvalue weighted by Gasteiger charge is 2.38. The summed E-state index contributed by atoms with van der Waals surface area (Å²) in [5, 5.41) is 19.7. The van der Waals surface area contributed by atoms with Crippen LogP contribution < -0.4 is 4.74 Å². The normalized spacial score (nSPS) is 29.3. The molecule has 1 saturated carbocycles. The molecule has 3 unspecified atom stereocenters. The number of aryl methyl sites for hydroxylation is 1. The fourth-order valence-corrected chi connectivity index (χ4v) is 2.52. The van der Waals surface area contributed by atoms with Crippen LogP contribution in [0.1, 0.15) is 50.3 Å². The van der Waals surface area contributed by atoms with Crippen molar-refractivity contribution in [3.05, 3.63) is 29.3 Å². The van der Waals surface area contributed by atoms with Crippen LogP contribution in [0, 0.1) is 6.92 Å². The van der Waals surface area contributed by atoms with Crippen molar-refractivity contribution in [2.24, 2.45) is 0 Å². The highest BCUT2D eigenvalue weighted by atomic mass is 16.5. The molecule has 3 atom stereocenters. The zero-order valence-electron chi connectivity index (χ0n) is 11.3. The van der Waals surface area contributed by atoms with Crippen LogP contribution in [0.25, 0.3) is 0 Å². The Kier molecular flexibility index (Phi) is 3.64. The lowest BCUT2D eigenvalue weighted by molar-refractivity contribution is -0.0254. The fourth-order valence-electron chi connectivity index (χ4n) is 2.52. The van der Waals surface area contributed by atoms with E-state index in [-0.39, 0.29) is 6.10 Å². The summed E-state index contributed by atoms with van der Waals surface area (Å²) >= 11 is 0. The molecule has 0 bridgehead atoms. The number of rotatable bonds is 3. The minimum atomic E-state index is -0.727. The number of hydrogen-bond donors (Lipinski definition) is 2. The number of aliphatic hydroxyl groups excluding tert-OH is 1. The summed E-state index contributed by atoms with van der Waals surface area (Å²) in [5.41, 5.74) is 1.16. The van der Waals surface area contributed by atoms with E-state index in [1.807, 2.05) is 32.0 Å². The summed E-state index contributed by atoms with van der Waals surface area (Å²) in [7, 11) is 0. The Hall–Kier alpha value is -1.06. The highest BCUT2D eigenvalue weighted by Crippen LogP contribution is 2.34. The smallest absolute Gasteiger partial charge is 0.127 e. The van der Waals surface area contributed by atoms with Crippen LogP contribution in [0.15, 0.2) is 18.2 Å². The average Bonchev–Trinajstić information content (AvgIpc) is 2.61. The minimum absolute atomic E-state index is 0.131. The highest BCUT2D eigenvalue weighted by molar-refractivity contribution is 5.37. The number of aliphatic hydroxyl groups is 2. The third-order valence-corrected chi connectivity index (χ3v) is 3.79. The first-order chi connectivity index (χ1) is 8.40. The molecule has 3 nitrogen and oxygen atoms in total. The maximum atomic E-state index is 10.2. The van der Waals surface area contributed by atoms with Gasteiger partial charge in [-0.15, -0.1) is 0 Å². The van der Waals surface area contributed by atoms with E-state index < -0.39 is 11.7 Å². The van der Waals surface area contributed by atoms with Crippen LogP contribution in [0.3, 0.4) is 0 Å². The molecule has 1 aliphatic rings. The molecule has 0 amide bonds. The van der Waals surface area contributed by atoms with Gasteiger partial charge < -0.3 is 14.9 Å². The van der Waals surface area contributed by atoms with Crippen molar-refractivity contribution >= 4 is 0 Å². The monoisotopic (exact) mass is 250 g/mol. The summed E-state index contributed by atoms with van der Waals surface area (Å²) < 4.78 is 5.92. The van der Waals surface area contributed by atoms with Crippen molar-refractivity contribution < 1.29 is 14.9 Å². The molecule has 0 spiro atoms. The third kappa shape index (κ3) is 2.68.